The van der Waals surface area contributed by atoms with Crippen molar-refractivity contribution in [3.63, 3.8) is 0 Å². The SMILES string of the molecule is O=C(CN1CC=C(O)C12COC2)OCc1ccccc1. The van der Waals surface area contributed by atoms with Gasteiger partial charge >= 0.3 is 5.97 Å². The molecule has 2 aliphatic heterocycles. The van der Waals surface area contributed by atoms with Gasteiger partial charge in [0, 0.05) is 6.54 Å². The van der Waals surface area contributed by atoms with E-state index in [9.17, 15) is 9.90 Å². The molecule has 0 unspecified atom stereocenters. The predicted molar refractivity (Wildman–Crippen MR) is 72.1 cm³/mol. The molecule has 1 spiro atoms. The van der Waals surface area contributed by atoms with Gasteiger partial charge in [0.25, 0.3) is 0 Å². The van der Waals surface area contributed by atoms with Crippen LogP contribution >= 0.6 is 0 Å². The standard InChI is InChI=1S/C15H17NO4/c17-13-6-7-16(15(13)10-19-11-15)8-14(18)20-9-12-4-2-1-3-5-12/h1-6,17H,7-11H2. The Morgan fingerprint density at radius 2 is 2.10 bits per heavy atom. The van der Waals surface area contributed by atoms with Crippen molar-refractivity contribution in [3.8, 4) is 0 Å². The van der Waals surface area contributed by atoms with E-state index in [0.717, 1.165) is 5.56 Å². The van der Waals surface area contributed by atoms with Gasteiger partial charge in [-0.2, -0.15) is 0 Å². The van der Waals surface area contributed by atoms with E-state index in [0.29, 0.717) is 25.5 Å². The zero-order valence-electron chi connectivity index (χ0n) is 11.1. The maximum absolute atomic E-state index is 11.9. The highest BCUT2D eigenvalue weighted by molar-refractivity contribution is 5.72. The van der Waals surface area contributed by atoms with Crippen LogP contribution in [0.3, 0.4) is 0 Å². The Morgan fingerprint density at radius 3 is 2.75 bits per heavy atom. The van der Waals surface area contributed by atoms with Crippen molar-refractivity contribution in [2.75, 3.05) is 26.3 Å². The summed E-state index contributed by atoms with van der Waals surface area (Å²) in [6.45, 7) is 1.85. The minimum atomic E-state index is -0.494. The Morgan fingerprint density at radius 1 is 1.35 bits per heavy atom. The first-order valence-corrected chi connectivity index (χ1v) is 6.63. The third kappa shape index (κ3) is 2.30. The van der Waals surface area contributed by atoms with E-state index in [4.69, 9.17) is 9.47 Å². The van der Waals surface area contributed by atoms with Crippen LogP contribution in [0, 0.1) is 0 Å². The van der Waals surface area contributed by atoms with Crippen LogP contribution in [0.4, 0.5) is 0 Å². The number of esters is 1. The Hall–Kier alpha value is -1.85. The first-order valence-electron chi connectivity index (χ1n) is 6.63. The third-order valence-electron chi connectivity index (χ3n) is 3.83. The highest BCUT2D eigenvalue weighted by Gasteiger charge is 2.51. The fourth-order valence-electron chi connectivity index (χ4n) is 2.50. The highest BCUT2D eigenvalue weighted by Crippen LogP contribution is 2.35. The van der Waals surface area contributed by atoms with Crippen molar-refractivity contribution in [1.82, 2.24) is 4.90 Å². The topological polar surface area (TPSA) is 59.0 Å². The number of nitrogens with zero attached hydrogens (tertiary/aromatic N) is 1. The molecule has 20 heavy (non-hydrogen) atoms. The van der Waals surface area contributed by atoms with Crippen LogP contribution in [0.2, 0.25) is 0 Å². The van der Waals surface area contributed by atoms with Gasteiger partial charge in [-0.25, -0.2) is 0 Å². The first kappa shape index (κ1) is 13.1. The normalized spacial score (nSPS) is 20.5. The minimum absolute atomic E-state index is 0.163. The Bertz CT molecular complexity index is 522. The maximum Gasteiger partial charge on any atom is 0.320 e. The molecule has 3 rings (SSSR count). The number of aliphatic hydroxyl groups is 1. The summed E-state index contributed by atoms with van der Waals surface area (Å²) < 4.78 is 10.4. The van der Waals surface area contributed by atoms with Gasteiger partial charge in [0.2, 0.25) is 0 Å². The Balaban J connectivity index is 1.52. The number of hydrogen-bond acceptors (Lipinski definition) is 5. The van der Waals surface area contributed by atoms with E-state index in [1.807, 2.05) is 35.2 Å². The fourth-order valence-corrected chi connectivity index (χ4v) is 2.50. The molecule has 5 heteroatoms. The van der Waals surface area contributed by atoms with Gasteiger partial charge < -0.3 is 14.6 Å². The fraction of sp³-hybridized carbons (Fsp3) is 0.400. The second-order valence-electron chi connectivity index (χ2n) is 5.14. The van der Waals surface area contributed by atoms with Gasteiger partial charge in [-0.15, -0.1) is 0 Å². The molecule has 0 aromatic heterocycles. The third-order valence-corrected chi connectivity index (χ3v) is 3.83. The van der Waals surface area contributed by atoms with Crippen LogP contribution in [0.25, 0.3) is 0 Å². The van der Waals surface area contributed by atoms with Crippen LogP contribution in [0.5, 0.6) is 0 Å². The molecule has 0 bridgehead atoms. The van der Waals surface area contributed by atoms with E-state index in [2.05, 4.69) is 0 Å². The van der Waals surface area contributed by atoms with Crippen molar-refractivity contribution in [2.24, 2.45) is 0 Å². The largest absolute Gasteiger partial charge is 0.510 e. The molecule has 1 saturated heterocycles. The second-order valence-corrected chi connectivity index (χ2v) is 5.14. The first-order chi connectivity index (χ1) is 9.71. The lowest BCUT2D eigenvalue weighted by atomic mass is 9.95. The number of aliphatic hydroxyl groups excluding tert-OH is 1. The summed E-state index contributed by atoms with van der Waals surface area (Å²) in [5, 5.41) is 9.88. The van der Waals surface area contributed by atoms with Crippen molar-refractivity contribution in [1.29, 1.82) is 0 Å². The molecule has 0 radical (unpaired) electrons. The van der Waals surface area contributed by atoms with Crippen molar-refractivity contribution in [3.05, 3.63) is 47.7 Å². The summed E-state index contributed by atoms with van der Waals surface area (Å²) in [6, 6.07) is 9.57. The molecule has 1 fully saturated rings. The molecule has 0 saturated carbocycles. The summed E-state index contributed by atoms with van der Waals surface area (Å²) in [6.07, 6.45) is 1.73. The number of ether oxygens (including phenoxy) is 2. The van der Waals surface area contributed by atoms with E-state index in [1.165, 1.54) is 0 Å². The van der Waals surface area contributed by atoms with E-state index < -0.39 is 5.54 Å². The Kier molecular flexibility index (Phi) is 3.46. The van der Waals surface area contributed by atoms with Crippen LogP contribution in [0.1, 0.15) is 5.56 Å². The van der Waals surface area contributed by atoms with Crippen LogP contribution in [-0.2, 0) is 20.9 Å². The molecule has 106 valence electrons. The van der Waals surface area contributed by atoms with Gasteiger partial charge in [-0.05, 0) is 11.6 Å². The quantitative estimate of drug-likeness (QED) is 0.838. The Labute approximate surface area is 117 Å². The minimum Gasteiger partial charge on any atom is -0.510 e. The van der Waals surface area contributed by atoms with Gasteiger partial charge in [-0.3, -0.25) is 9.69 Å². The number of carbonyl (C=O) groups is 1. The molecule has 0 amide bonds. The van der Waals surface area contributed by atoms with E-state index >= 15 is 0 Å². The van der Waals surface area contributed by atoms with Gasteiger partial charge in [0.05, 0.1) is 19.8 Å². The molecule has 0 atom stereocenters. The molecule has 1 N–H and O–H groups in total. The van der Waals surface area contributed by atoms with Crippen LogP contribution in [0.15, 0.2) is 42.2 Å². The summed E-state index contributed by atoms with van der Waals surface area (Å²) in [4.78, 5) is 13.8. The summed E-state index contributed by atoms with van der Waals surface area (Å²) in [5.74, 6) is 0.0165. The summed E-state index contributed by atoms with van der Waals surface area (Å²) >= 11 is 0. The summed E-state index contributed by atoms with van der Waals surface area (Å²) in [7, 11) is 0. The zero-order chi connectivity index (χ0) is 14.0. The highest BCUT2D eigenvalue weighted by atomic mass is 16.5. The molecule has 0 aliphatic carbocycles. The van der Waals surface area contributed by atoms with Gasteiger partial charge in [-0.1, -0.05) is 30.3 Å². The molecule has 5 nitrogen and oxygen atoms in total. The number of hydrogen-bond donors (Lipinski definition) is 1. The lowest BCUT2D eigenvalue weighted by Gasteiger charge is -2.44. The van der Waals surface area contributed by atoms with Gasteiger partial charge in [0.15, 0.2) is 0 Å². The number of benzene rings is 1. The molecule has 2 aliphatic rings. The average molecular weight is 275 g/mol. The van der Waals surface area contributed by atoms with Crippen molar-refractivity contribution in [2.45, 2.75) is 12.1 Å². The average Bonchev–Trinajstić information content (AvgIpc) is 2.74. The van der Waals surface area contributed by atoms with Gasteiger partial charge in [0.1, 0.15) is 17.9 Å². The molecule has 2 heterocycles. The van der Waals surface area contributed by atoms with Crippen LogP contribution in [-0.4, -0.2) is 47.8 Å². The number of rotatable bonds is 4. The van der Waals surface area contributed by atoms with E-state index in [-0.39, 0.29) is 19.1 Å². The second kappa shape index (κ2) is 5.26. The predicted octanol–water partition coefficient (Wildman–Crippen LogP) is 1.26. The maximum atomic E-state index is 11.9. The lowest BCUT2D eigenvalue weighted by molar-refractivity contribution is -0.157. The van der Waals surface area contributed by atoms with Crippen molar-refractivity contribution >= 4 is 5.97 Å². The molecular weight excluding hydrogens is 258 g/mol. The monoisotopic (exact) mass is 275 g/mol. The van der Waals surface area contributed by atoms with E-state index in [1.54, 1.807) is 6.08 Å². The molecule has 1 aromatic carbocycles. The van der Waals surface area contributed by atoms with Crippen molar-refractivity contribution < 1.29 is 19.4 Å². The summed E-state index contributed by atoms with van der Waals surface area (Å²) in [5.41, 5.74) is 0.469. The molecular formula is C15H17NO4. The lowest BCUT2D eigenvalue weighted by Crippen LogP contribution is -2.61. The molecule has 1 aromatic rings. The zero-order valence-corrected chi connectivity index (χ0v) is 11.1. The van der Waals surface area contributed by atoms with Crippen LogP contribution < -0.4 is 0 Å². The smallest absolute Gasteiger partial charge is 0.320 e. The number of carbonyl (C=O) groups excluding carboxylic acids is 1.